The first-order valence-corrected chi connectivity index (χ1v) is 14.6. The summed E-state index contributed by atoms with van der Waals surface area (Å²) in [6, 6.07) is 26.0. The Bertz CT molecular complexity index is 1610. The Kier molecular flexibility index (Phi) is 4.56. The molecule has 4 atom stereocenters. The smallest absolute Gasteiger partial charge is 0.00934 e. The van der Waals surface area contributed by atoms with Crippen LogP contribution in [0.1, 0.15) is 109 Å². The molecule has 0 amide bonds. The van der Waals surface area contributed by atoms with E-state index in [4.69, 9.17) is 0 Å². The summed E-state index contributed by atoms with van der Waals surface area (Å²) >= 11 is 0. The highest BCUT2D eigenvalue weighted by atomic mass is 14.5. The van der Waals surface area contributed by atoms with Gasteiger partial charge in [0.25, 0.3) is 0 Å². The lowest BCUT2D eigenvalue weighted by Crippen LogP contribution is -2.23. The van der Waals surface area contributed by atoms with E-state index >= 15 is 0 Å². The number of allylic oxidation sites excluding steroid dienone is 2. The lowest BCUT2D eigenvalue weighted by molar-refractivity contribution is 0.550. The summed E-state index contributed by atoms with van der Waals surface area (Å²) in [5.74, 6) is 3.43. The van der Waals surface area contributed by atoms with E-state index in [-0.39, 0.29) is 0 Å². The van der Waals surface area contributed by atoms with Crippen molar-refractivity contribution in [2.24, 2.45) is 5.92 Å². The first-order valence-electron chi connectivity index (χ1n) is 14.6. The summed E-state index contributed by atoms with van der Waals surface area (Å²) in [4.78, 5) is 0. The quantitative estimate of drug-likeness (QED) is 0.274. The van der Waals surface area contributed by atoms with Gasteiger partial charge in [-0.3, -0.25) is 0 Å². The molecule has 0 heterocycles. The van der Waals surface area contributed by atoms with Crippen LogP contribution < -0.4 is 0 Å². The molecule has 0 nitrogen and oxygen atoms in total. The zero-order valence-electron chi connectivity index (χ0n) is 22.5. The average molecular weight is 481 g/mol. The van der Waals surface area contributed by atoms with Crippen molar-refractivity contribution < 1.29 is 0 Å². The summed E-state index contributed by atoms with van der Waals surface area (Å²) < 4.78 is 0. The van der Waals surface area contributed by atoms with Gasteiger partial charge in [-0.25, -0.2) is 0 Å². The van der Waals surface area contributed by atoms with E-state index in [0.29, 0.717) is 35.5 Å². The van der Waals surface area contributed by atoms with Gasteiger partial charge in [-0.2, -0.15) is 0 Å². The summed E-state index contributed by atoms with van der Waals surface area (Å²) in [5.41, 5.74) is 15.8. The Morgan fingerprint density at radius 1 is 0.676 bits per heavy atom. The van der Waals surface area contributed by atoms with Gasteiger partial charge in [0.2, 0.25) is 0 Å². The molecule has 0 aromatic heterocycles. The number of hydrogen-bond acceptors (Lipinski definition) is 0. The molecule has 0 saturated heterocycles. The van der Waals surface area contributed by atoms with Gasteiger partial charge >= 0.3 is 0 Å². The fourth-order valence-corrected chi connectivity index (χ4v) is 8.35. The van der Waals surface area contributed by atoms with Gasteiger partial charge in [-0.1, -0.05) is 94.4 Å². The van der Waals surface area contributed by atoms with Crippen molar-refractivity contribution in [2.45, 2.75) is 76.5 Å². The highest BCUT2D eigenvalue weighted by Gasteiger charge is 2.46. The highest BCUT2D eigenvalue weighted by Crippen LogP contribution is 2.64. The molecule has 37 heavy (non-hydrogen) atoms. The zero-order chi connectivity index (χ0) is 25.0. The van der Waals surface area contributed by atoms with Crippen LogP contribution in [0.2, 0.25) is 0 Å². The average Bonchev–Trinajstić information content (AvgIpc) is 3.72. The third-order valence-electron chi connectivity index (χ3n) is 10.1. The molecule has 0 N–H and O–H groups in total. The summed E-state index contributed by atoms with van der Waals surface area (Å²) in [6.07, 6.45) is 6.42. The maximum atomic E-state index is 2.68. The number of aryl methyl sites for hydroxylation is 1. The molecular weight excluding hydrogens is 444 g/mol. The monoisotopic (exact) mass is 480 g/mol. The first-order chi connectivity index (χ1) is 18.0. The van der Waals surface area contributed by atoms with Crippen LogP contribution in [0.5, 0.6) is 0 Å². The Morgan fingerprint density at radius 3 is 2.22 bits per heavy atom. The minimum atomic E-state index is 0.463. The van der Waals surface area contributed by atoms with E-state index in [2.05, 4.69) is 101 Å². The van der Waals surface area contributed by atoms with Gasteiger partial charge in [-0.15, -0.1) is 0 Å². The second kappa shape index (κ2) is 7.70. The zero-order valence-corrected chi connectivity index (χ0v) is 22.5. The standard InChI is InChI=1S/C37H36/c1-20(2)27-17-32-24-13-9-8-12-23(24)30-18-31(30)34-19-33-28(21(3)4)16-29(22-10-6-5-7-11-22)26-15-14-25(27)37(35(26)33)36(32)34/h5-13,16-17,19-21,26,29-31H,14-15,18H2,1-4H3. The fourth-order valence-electron chi connectivity index (χ4n) is 8.35. The third-order valence-corrected chi connectivity index (χ3v) is 10.1. The van der Waals surface area contributed by atoms with Crippen LogP contribution in [0.15, 0.2) is 72.8 Å². The Morgan fingerprint density at radius 2 is 1.43 bits per heavy atom. The van der Waals surface area contributed by atoms with Crippen LogP contribution in [0, 0.1) is 5.92 Å². The van der Waals surface area contributed by atoms with Crippen molar-refractivity contribution in [3.05, 3.63) is 112 Å². The van der Waals surface area contributed by atoms with Crippen molar-refractivity contribution in [1.29, 1.82) is 0 Å². The van der Waals surface area contributed by atoms with Crippen LogP contribution in [0.3, 0.4) is 0 Å². The second-order valence-electron chi connectivity index (χ2n) is 12.7. The Balaban J connectivity index is 1.53. The van der Waals surface area contributed by atoms with Gasteiger partial charge < -0.3 is 0 Å². The SMILES string of the molecule is CC(C)C1=CC(c2ccccc2)C2CCc3c(C(C)C)cc4c5c(cc1c2c35)C1CC1c1ccccc1-4. The van der Waals surface area contributed by atoms with Crippen molar-refractivity contribution in [3.8, 4) is 11.1 Å². The van der Waals surface area contributed by atoms with E-state index < -0.39 is 0 Å². The molecule has 0 aliphatic heterocycles. The van der Waals surface area contributed by atoms with Gasteiger partial charge in [0.05, 0.1) is 0 Å². The van der Waals surface area contributed by atoms with E-state index in [9.17, 15) is 0 Å². The van der Waals surface area contributed by atoms with Crippen LogP contribution in [-0.4, -0.2) is 0 Å². The van der Waals surface area contributed by atoms with Crippen LogP contribution in [0.4, 0.5) is 0 Å². The Labute approximate surface area is 221 Å². The fraction of sp³-hybridized carbons (Fsp3) is 0.351. The van der Waals surface area contributed by atoms with Gasteiger partial charge in [0, 0.05) is 5.92 Å². The normalized spacial score (nSPS) is 24.5. The molecule has 4 aliphatic rings. The molecule has 4 aromatic carbocycles. The number of fused-ring (bicyclic) bond motifs is 5. The van der Waals surface area contributed by atoms with Crippen LogP contribution in [0.25, 0.3) is 27.5 Å². The van der Waals surface area contributed by atoms with Gasteiger partial charge in [0.1, 0.15) is 0 Å². The lowest BCUT2D eigenvalue weighted by Gasteiger charge is -2.40. The minimum Gasteiger partial charge on any atom is -0.0723 e. The molecule has 1 fully saturated rings. The molecule has 4 aromatic rings. The number of hydrogen-bond donors (Lipinski definition) is 0. The molecule has 0 bridgehead atoms. The Hall–Kier alpha value is -3.12. The second-order valence-corrected chi connectivity index (χ2v) is 12.7. The van der Waals surface area contributed by atoms with Crippen molar-refractivity contribution in [2.75, 3.05) is 0 Å². The molecule has 184 valence electrons. The maximum absolute atomic E-state index is 2.68. The van der Waals surface area contributed by atoms with E-state index in [1.54, 1.807) is 49.7 Å². The van der Waals surface area contributed by atoms with Crippen LogP contribution >= 0.6 is 0 Å². The molecule has 8 rings (SSSR count). The summed E-state index contributed by atoms with van der Waals surface area (Å²) in [6.45, 7) is 9.61. The molecular formula is C37H36. The van der Waals surface area contributed by atoms with Gasteiger partial charge in [0.15, 0.2) is 0 Å². The molecule has 0 radical (unpaired) electrons. The molecule has 4 aliphatic carbocycles. The van der Waals surface area contributed by atoms with Crippen molar-refractivity contribution in [1.82, 2.24) is 0 Å². The topological polar surface area (TPSA) is 0 Å². The van der Waals surface area contributed by atoms with Crippen molar-refractivity contribution >= 4 is 16.3 Å². The number of benzene rings is 4. The van der Waals surface area contributed by atoms with E-state index in [1.807, 2.05) is 0 Å². The van der Waals surface area contributed by atoms with E-state index in [1.165, 1.54) is 36.0 Å². The largest absolute Gasteiger partial charge is 0.0723 e. The molecule has 4 unspecified atom stereocenters. The minimum absolute atomic E-state index is 0.463. The van der Waals surface area contributed by atoms with Crippen molar-refractivity contribution in [3.63, 3.8) is 0 Å². The van der Waals surface area contributed by atoms with Gasteiger partial charge in [-0.05, 0) is 121 Å². The first kappa shape index (κ1) is 21.9. The summed E-state index contributed by atoms with van der Waals surface area (Å²) in [5, 5.41) is 3.26. The predicted molar refractivity (Wildman–Crippen MR) is 157 cm³/mol. The highest BCUT2D eigenvalue weighted by molar-refractivity contribution is 6.08. The lowest BCUT2D eigenvalue weighted by atomic mass is 9.63. The molecule has 1 saturated carbocycles. The van der Waals surface area contributed by atoms with Crippen LogP contribution in [-0.2, 0) is 6.42 Å². The summed E-state index contributed by atoms with van der Waals surface area (Å²) in [7, 11) is 0. The predicted octanol–water partition coefficient (Wildman–Crippen LogP) is 10.1. The third kappa shape index (κ3) is 2.96. The molecule has 0 heteroatoms. The maximum Gasteiger partial charge on any atom is 0.00934 e. The van der Waals surface area contributed by atoms with E-state index in [0.717, 1.165) is 0 Å². The number of rotatable bonds is 3. The molecule has 0 spiro atoms.